The molecule has 1 amide bonds. The van der Waals surface area contributed by atoms with E-state index in [1.807, 2.05) is 0 Å². The molecule has 5 nitrogen and oxygen atoms in total. The van der Waals surface area contributed by atoms with Crippen LogP contribution in [-0.4, -0.2) is 53.9 Å². The molecule has 4 N–H and O–H groups in total. The van der Waals surface area contributed by atoms with E-state index in [-0.39, 0.29) is 24.5 Å². The fourth-order valence-electron chi connectivity index (χ4n) is 2.79. The number of aliphatic hydroxyl groups is 2. The van der Waals surface area contributed by atoms with Crippen LogP contribution >= 0.6 is 0 Å². The van der Waals surface area contributed by atoms with E-state index in [4.69, 9.17) is 15.9 Å². The van der Waals surface area contributed by atoms with Gasteiger partial charge in [-0.05, 0) is 24.8 Å². The monoisotopic (exact) mass is 258 g/mol. The molecule has 1 fully saturated rings. The lowest BCUT2D eigenvalue weighted by Crippen LogP contribution is -2.42. The van der Waals surface area contributed by atoms with Crippen LogP contribution in [0, 0.1) is 5.41 Å². The number of amides is 1. The third-order valence-corrected chi connectivity index (χ3v) is 3.97. The predicted octanol–water partition coefficient (Wildman–Crippen LogP) is 0.0989. The first-order valence-electron chi connectivity index (χ1n) is 6.87. The molecular formula is C13H26N2O3. The van der Waals surface area contributed by atoms with Crippen molar-refractivity contribution in [1.82, 2.24) is 4.90 Å². The van der Waals surface area contributed by atoms with Gasteiger partial charge >= 0.3 is 0 Å². The minimum atomic E-state index is -0.0681. The molecule has 0 heterocycles. The van der Waals surface area contributed by atoms with Crippen LogP contribution in [0.25, 0.3) is 0 Å². The highest BCUT2D eigenvalue weighted by Crippen LogP contribution is 2.38. The molecule has 0 radical (unpaired) electrons. The van der Waals surface area contributed by atoms with Gasteiger partial charge in [0.05, 0.1) is 13.2 Å². The molecule has 0 bridgehead atoms. The molecule has 0 aromatic carbocycles. The van der Waals surface area contributed by atoms with Crippen LogP contribution in [0.1, 0.15) is 38.5 Å². The second kappa shape index (κ2) is 7.71. The average Bonchev–Trinajstić information content (AvgIpc) is 2.39. The van der Waals surface area contributed by atoms with E-state index in [0.29, 0.717) is 26.1 Å². The van der Waals surface area contributed by atoms with E-state index < -0.39 is 0 Å². The van der Waals surface area contributed by atoms with Gasteiger partial charge in [-0.1, -0.05) is 19.3 Å². The maximum Gasteiger partial charge on any atom is 0.223 e. The topological polar surface area (TPSA) is 86.8 Å². The van der Waals surface area contributed by atoms with E-state index in [1.165, 1.54) is 11.3 Å². The van der Waals surface area contributed by atoms with Gasteiger partial charge in [-0.2, -0.15) is 0 Å². The van der Waals surface area contributed by atoms with Gasteiger partial charge in [-0.3, -0.25) is 4.79 Å². The average molecular weight is 258 g/mol. The molecule has 0 unspecified atom stereocenters. The van der Waals surface area contributed by atoms with Crippen molar-refractivity contribution in [3.8, 4) is 0 Å². The van der Waals surface area contributed by atoms with Crippen LogP contribution in [0.5, 0.6) is 0 Å². The number of rotatable bonds is 7. The van der Waals surface area contributed by atoms with E-state index in [1.54, 1.807) is 0 Å². The van der Waals surface area contributed by atoms with Crippen molar-refractivity contribution in [1.29, 1.82) is 0 Å². The van der Waals surface area contributed by atoms with Crippen LogP contribution in [0.4, 0.5) is 0 Å². The van der Waals surface area contributed by atoms with Crippen molar-refractivity contribution in [2.75, 3.05) is 32.8 Å². The zero-order chi connectivity index (χ0) is 13.4. The maximum absolute atomic E-state index is 12.2. The number of nitrogens with two attached hydrogens (primary N) is 1. The molecule has 5 heteroatoms. The summed E-state index contributed by atoms with van der Waals surface area (Å²) < 4.78 is 0. The lowest BCUT2D eigenvalue weighted by Gasteiger charge is -2.37. The summed E-state index contributed by atoms with van der Waals surface area (Å²) in [5.74, 6) is 0.00505. The first-order chi connectivity index (χ1) is 8.67. The zero-order valence-electron chi connectivity index (χ0n) is 11.1. The van der Waals surface area contributed by atoms with Crippen molar-refractivity contribution >= 4 is 5.91 Å². The highest BCUT2D eigenvalue weighted by atomic mass is 16.3. The van der Waals surface area contributed by atoms with Crippen LogP contribution in [0.2, 0.25) is 0 Å². The van der Waals surface area contributed by atoms with Gasteiger partial charge in [0.25, 0.3) is 0 Å². The Balaban J connectivity index is 2.58. The molecule has 1 saturated carbocycles. The summed E-state index contributed by atoms with van der Waals surface area (Å²) in [6.07, 6.45) is 5.99. The number of carbonyl (C=O) groups excluding carboxylic acids is 1. The van der Waals surface area contributed by atoms with Crippen LogP contribution < -0.4 is 5.73 Å². The van der Waals surface area contributed by atoms with E-state index in [9.17, 15) is 4.79 Å². The Morgan fingerprint density at radius 2 is 1.67 bits per heavy atom. The second-order valence-corrected chi connectivity index (χ2v) is 5.27. The third-order valence-electron chi connectivity index (χ3n) is 3.97. The fourth-order valence-corrected chi connectivity index (χ4v) is 2.79. The van der Waals surface area contributed by atoms with E-state index in [0.717, 1.165) is 25.7 Å². The number of hydrogen-bond donors (Lipinski definition) is 3. The molecule has 1 rings (SSSR count). The lowest BCUT2D eigenvalue weighted by molar-refractivity contribution is -0.135. The van der Waals surface area contributed by atoms with Gasteiger partial charge in [-0.15, -0.1) is 0 Å². The molecule has 0 spiro atoms. The third kappa shape index (κ3) is 4.23. The smallest absolute Gasteiger partial charge is 0.223 e. The van der Waals surface area contributed by atoms with Gasteiger partial charge in [0, 0.05) is 19.5 Å². The largest absolute Gasteiger partial charge is 0.395 e. The molecule has 18 heavy (non-hydrogen) atoms. The highest BCUT2D eigenvalue weighted by Gasteiger charge is 2.34. The van der Waals surface area contributed by atoms with Gasteiger partial charge in [0.2, 0.25) is 5.91 Å². The standard InChI is InChI=1S/C13H26N2O3/c14-11-13(4-2-1-3-5-13)10-12(18)15(6-8-16)7-9-17/h16-17H,1-11,14H2. The van der Waals surface area contributed by atoms with Crippen molar-refractivity contribution < 1.29 is 15.0 Å². The highest BCUT2D eigenvalue weighted by molar-refractivity contribution is 5.77. The summed E-state index contributed by atoms with van der Waals surface area (Å²) in [6.45, 7) is 0.994. The number of hydrogen-bond acceptors (Lipinski definition) is 4. The number of carbonyl (C=O) groups is 1. The minimum absolute atomic E-state index is 0.00505. The quantitative estimate of drug-likeness (QED) is 0.604. The molecule has 1 aliphatic rings. The Morgan fingerprint density at radius 3 is 2.11 bits per heavy atom. The normalized spacial score (nSPS) is 18.6. The van der Waals surface area contributed by atoms with E-state index >= 15 is 0 Å². The van der Waals surface area contributed by atoms with Crippen LogP contribution in [0.3, 0.4) is 0 Å². The fraction of sp³-hybridized carbons (Fsp3) is 0.923. The Hall–Kier alpha value is -0.650. The molecule has 0 aromatic rings. The van der Waals surface area contributed by atoms with Crippen molar-refractivity contribution in [3.05, 3.63) is 0 Å². The Kier molecular flexibility index (Phi) is 6.60. The van der Waals surface area contributed by atoms with Crippen molar-refractivity contribution in [3.63, 3.8) is 0 Å². The van der Waals surface area contributed by atoms with Crippen LogP contribution in [0.15, 0.2) is 0 Å². The SMILES string of the molecule is NCC1(CC(=O)N(CCO)CCO)CCCCC1. The predicted molar refractivity (Wildman–Crippen MR) is 69.9 cm³/mol. The molecule has 0 saturated heterocycles. The summed E-state index contributed by atoms with van der Waals surface area (Å²) in [5.41, 5.74) is 5.81. The lowest BCUT2D eigenvalue weighted by atomic mass is 9.71. The molecular weight excluding hydrogens is 232 g/mol. The molecule has 0 aliphatic heterocycles. The van der Waals surface area contributed by atoms with Crippen molar-refractivity contribution in [2.45, 2.75) is 38.5 Å². The summed E-state index contributed by atoms with van der Waals surface area (Å²) in [4.78, 5) is 13.7. The van der Waals surface area contributed by atoms with Gasteiger partial charge in [0.1, 0.15) is 0 Å². The van der Waals surface area contributed by atoms with Crippen LogP contribution in [-0.2, 0) is 4.79 Å². The Labute approximate surface area is 109 Å². The first-order valence-corrected chi connectivity index (χ1v) is 6.87. The number of nitrogens with zero attached hydrogens (tertiary/aromatic N) is 1. The van der Waals surface area contributed by atoms with Gasteiger partial charge in [-0.25, -0.2) is 0 Å². The maximum atomic E-state index is 12.2. The second-order valence-electron chi connectivity index (χ2n) is 5.27. The van der Waals surface area contributed by atoms with Gasteiger partial charge in [0.15, 0.2) is 0 Å². The molecule has 106 valence electrons. The summed E-state index contributed by atoms with van der Waals surface area (Å²) in [5, 5.41) is 17.9. The van der Waals surface area contributed by atoms with Gasteiger partial charge < -0.3 is 20.8 Å². The van der Waals surface area contributed by atoms with Crippen molar-refractivity contribution in [2.24, 2.45) is 11.1 Å². The Bertz CT molecular complexity index is 247. The summed E-state index contributed by atoms with van der Waals surface area (Å²) in [6, 6.07) is 0. The molecule has 0 atom stereocenters. The summed E-state index contributed by atoms with van der Waals surface area (Å²) in [7, 11) is 0. The number of aliphatic hydroxyl groups excluding tert-OH is 2. The summed E-state index contributed by atoms with van der Waals surface area (Å²) >= 11 is 0. The zero-order valence-corrected chi connectivity index (χ0v) is 11.1. The molecule has 0 aromatic heterocycles. The Morgan fingerprint density at radius 1 is 1.11 bits per heavy atom. The van der Waals surface area contributed by atoms with E-state index in [2.05, 4.69) is 0 Å². The first kappa shape index (κ1) is 15.4. The minimum Gasteiger partial charge on any atom is -0.395 e. The molecule has 1 aliphatic carbocycles.